The van der Waals surface area contributed by atoms with Crippen molar-refractivity contribution in [1.29, 1.82) is 0 Å². The second-order valence-corrected chi connectivity index (χ2v) is 9.72. The Hall–Kier alpha value is -3.86. The molecule has 2 aliphatic rings. The van der Waals surface area contributed by atoms with Crippen LogP contribution in [-0.2, 0) is 27.8 Å². The third kappa shape index (κ3) is 6.25. The molecule has 1 fully saturated rings. The van der Waals surface area contributed by atoms with Crippen LogP contribution in [0.2, 0.25) is 0 Å². The molecule has 1 saturated carbocycles. The van der Waals surface area contributed by atoms with Gasteiger partial charge in [0.1, 0.15) is 29.2 Å². The molecule has 7 nitrogen and oxygen atoms in total. The Morgan fingerprint density at radius 1 is 1.13 bits per heavy atom. The lowest BCUT2D eigenvalue weighted by Crippen LogP contribution is -2.51. The summed E-state index contributed by atoms with van der Waals surface area (Å²) in [5.41, 5.74) is 3.38. The molecule has 0 spiro atoms. The van der Waals surface area contributed by atoms with E-state index < -0.39 is 23.7 Å². The molecule has 0 unspecified atom stereocenters. The molecule has 1 aromatic heterocycles. The molecule has 0 atom stereocenters. The standard InChI is InChI=1S/C26H26FN3O2.C2HF3O2/c1-17-28-11-10-25(29-17)30-12-2-3-19-14-20(6-9-23(19)30)26(15-22(31)16-26)24(32)13-18-4-7-21(27)8-5-18;3-2(4,5)1(6)7/h4-11,14,22,31H,2-3,12-13,15-16H2,1H3;(H,6,7)/p-1. The maximum absolute atomic E-state index is 13.4. The summed E-state index contributed by atoms with van der Waals surface area (Å²) in [6, 6.07) is 14.3. The van der Waals surface area contributed by atoms with E-state index in [1.54, 1.807) is 18.3 Å². The average Bonchev–Trinajstić information content (AvgIpc) is 2.87. The normalized spacial score (nSPS) is 20.3. The monoisotopic (exact) mass is 544 g/mol. The van der Waals surface area contributed by atoms with E-state index in [1.807, 2.05) is 19.1 Å². The van der Waals surface area contributed by atoms with Gasteiger partial charge in [-0.15, -0.1) is 0 Å². The molecule has 2 heterocycles. The van der Waals surface area contributed by atoms with Crippen LogP contribution < -0.4 is 10.0 Å². The topological polar surface area (TPSA) is 106 Å². The number of anilines is 2. The number of aryl methyl sites for hydroxylation is 2. The van der Waals surface area contributed by atoms with Gasteiger partial charge >= 0.3 is 6.18 Å². The molecule has 0 bridgehead atoms. The fraction of sp³-hybridized carbons (Fsp3) is 0.357. The zero-order chi connectivity index (χ0) is 28.4. The maximum atomic E-state index is 13.4. The Labute approximate surface area is 222 Å². The van der Waals surface area contributed by atoms with Gasteiger partial charge in [0.05, 0.1) is 11.5 Å². The van der Waals surface area contributed by atoms with Gasteiger partial charge in [0.25, 0.3) is 0 Å². The van der Waals surface area contributed by atoms with Gasteiger partial charge in [-0.25, -0.2) is 14.4 Å². The smallest absolute Gasteiger partial charge is 0.430 e. The number of aromatic nitrogens is 2. The first kappa shape index (κ1) is 28.2. The van der Waals surface area contributed by atoms with Gasteiger partial charge in [-0.2, -0.15) is 13.2 Å². The number of rotatable bonds is 5. The van der Waals surface area contributed by atoms with Crippen molar-refractivity contribution in [1.82, 2.24) is 9.97 Å². The van der Waals surface area contributed by atoms with Crippen molar-refractivity contribution in [3.63, 3.8) is 0 Å². The lowest BCUT2D eigenvalue weighted by atomic mass is 9.59. The number of benzene rings is 2. The number of alkyl halides is 3. The lowest BCUT2D eigenvalue weighted by Gasteiger charge is -2.45. The molecule has 1 aliphatic carbocycles. The number of ketones is 1. The van der Waals surface area contributed by atoms with Crippen LogP contribution in [0, 0.1) is 12.7 Å². The number of carbonyl (C=O) groups excluding carboxylic acids is 2. The third-order valence-electron chi connectivity index (χ3n) is 7.00. The Balaban J connectivity index is 0.000000448. The SMILES string of the molecule is Cc1nccc(N2CCCc3cc(C4(C(=O)Cc5ccc(F)cc5)CC(O)C4)ccc32)n1.O=C([O-])C(F)(F)F. The Morgan fingerprint density at radius 3 is 2.38 bits per heavy atom. The molecule has 5 rings (SSSR count). The second-order valence-electron chi connectivity index (χ2n) is 9.72. The number of aliphatic hydroxyl groups is 1. The Bertz CT molecular complexity index is 1360. The van der Waals surface area contributed by atoms with Crippen molar-refractivity contribution >= 4 is 23.3 Å². The second kappa shape index (κ2) is 11.1. The van der Waals surface area contributed by atoms with Crippen LogP contribution in [-0.4, -0.2) is 45.7 Å². The third-order valence-corrected chi connectivity index (χ3v) is 7.00. The highest BCUT2D eigenvalue weighted by molar-refractivity contribution is 5.93. The van der Waals surface area contributed by atoms with E-state index in [2.05, 4.69) is 27.0 Å². The van der Waals surface area contributed by atoms with E-state index in [-0.39, 0.29) is 18.0 Å². The first-order chi connectivity index (χ1) is 18.4. The summed E-state index contributed by atoms with van der Waals surface area (Å²) in [4.78, 5) is 33.2. The van der Waals surface area contributed by atoms with E-state index in [1.165, 1.54) is 17.7 Å². The molecule has 0 saturated heterocycles. The number of aliphatic carboxylic acids is 1. The first-order valence-corrected chi connectivity index (χ1v) is 12.3. The summed E-state index contributed by atoms with van der Waals surface area (Å²) in [6.07, 6.45) is -0.854. The molecule has 0 radical (unpaired) electrons. The number of hydrogen-bond donors (Lipinski definition) is 1. The average molecular weight is 545 g/mol. The number of halogens is 4. The van der Waals surface area contributed by atoms with Gasteiger partial charge in [-0.3, -0.25) is 4.79 Å². The molecular weight excluding hydrogens is 518 g/mol. The Kier molecular flexibility index (Phi) is 8.01. The number of aliphatic hydroxyl groups excluding tert-OH is 1. The predicted molar refractivity (Wildman–Crippen MR) is 132 cm³/mol. The maximum Gasteiger partial charge on any atom is 0.430 e. The Morgan fingerprint density at radius 2 is 1.79 bits per heavy atom. The van der Waals surface area contributed by atoms with Crippen LogP contribution in [0.1, 0.15) is 41.8 Å². The highest BCUT2D eigenvalue weighted by Crippen LogP contribution is 2.47. The van der Waals surface area contributed by atoms with Crippen molar-refractivity contribution in [2.45, 2.75) is 56.7 Å². The highest BCUT2D eigenvalue weighted by Gasteiger charge is 2.50. The van der Waals surface area contributed by atoms with Crippen LogP contribution in [0.3, 0.4) is 0 Å². The highest BCUT2D eigenvalue weighted by atomic mass is 19.4. The van der Waals surface area contributed by atoms with Crippen LogP contribution in [0.4, 0.5) is 29.1 Å². The molecule has 1 aliphatic heterocycles. The lowest BCUT2D eigenvalue weighted by molar-refractivity contribution is -0.344. The fourth-order valence-electron chi connectivity index (χ4n) is 5.05. The number of carboxylic acid groups (broad SMARTS) is 1. The van der Waals surface area contributed by atoms with Crippen molar-refractivity contribution in [2.24, 2.45) is 0 Å². The minimum Gasteiger partial charge on any atom is -0.542 e. The van der Waals surface area contributed by atoms with E-state index >= 15 is 0 Å². The zero-order valence-electron chi connectivity index (χ0n) is 21.0. The largest absolute Gasteiger partial charge is 0.542 e. The van der Waals surface area contributed by atoms with E-state index in [0.29, 0.717) is 12.8 Å². The van der Waals surface area contributed by atoms with Crippen molar-refractivity contribution in [3.8, 4) is 0 Å². The number of fused-ring (bicyclic) bond motifs is 1. The van der Waals surface area contributed by atoms with Gasteiger partial charge in [-0.1, -0.05) is 24.3 Å². The minimum absolute atomic E-state index is 0.0773. The molecule has 0 amide bonds. The number of carbonyl (C=O) groups is 2. The quantitative estimate of drug-likeness (QED) is 0.490. The predicted octanol–water partition coefficient (Wildman–Crippen LogP) is 3.51. The van der Waals surface area contributed by atoms with Crippen LogP contribution >= 0.6 is 0 Å². The molecule has 3 aromatic rings. The van der Waals surface area contributed by atoms with Crippen LogP contribution in [0.5, 0.6) is 0 Å². The van der Waals surface area contributed by atoms with Crippen LogP contribution in [0.15, 0.2) is 54.7 Å². The molecule has 11 heteroatoms. The van der Waals surface area contributed by atoms with E-state index in [9.17, 15) is 27.5 Å². The van der Waals surface area contributed by atoms with E-state index in [0.717, 1.165) is 47.8 Å². The summed E-state index contributed by atoms with van der Waals surface area (Å²) in [6.45, 7) is 2.77. The number of carboxylic acids is 1. The minimum atomic E-state index is -5.19. The number of Topliss-reactive ketones (excluding diaryl/α,β-unsaturated/α-hetero) is 1. The zero-order valence-corrected chi connectivity index (χ0v) is 21.0. The summed E-state index contributed by atoms with van der Waals surface area (Å²) in [5, 5.41) is 18.9. The molecular formula is C28H26F4N3O4-. The summed E-state index contributed by atoms with van der Waals surface area (Å²) in [5.74, 6) is -1.62. The van der Waals surface area contributed by atoms with Crippen molar-refractivity contribution < 1.29 is 37.4 Å². The molecule has 2 aromatic carbocycles. The molecule has 206 valence electrons. The fourth-order valence-corrected chi connectivity index (χ4v) is 5.05. The summed E-state index contributed by atoms with van der Waals surface area (Å²) < 4.78 is 44.8. The van der Waals surface area contributed by atoms with Crippen molar-refractivity contribution in [2.75, 3.05) is 11.4 Å². The van der Waals surface area contributed by atoms with Crippen molar-refractivity contribution in [3.05, 3.63) is 83.1 Å². The summed E-state index contributed by atoms with van der Waals surface area (Å²) in [7, 11) is 0. The molecule has 39 heavy (non-hydrogen) atoms. The van der Waals surface area contributed by atoms with Gasteiger partial charge in [0.2, 0.25) is 0 Å². The van der Waals surface area contributed by atoms with E-state index in [4.69, 9.17) is 9.90 Å². The summed E-state index contributed by atoms with van der Waals surface area (Å²) >= 11 is 0. The van der Waals surface area contributed by atoms with Gasteiger partial charge in [0, 0.05) is 24.8 Å². The van der Waals surface area contributed by atoms with Gasteiger partial charge in [0.15, 0.2) is 0 Å². The number of hydrogen-bond acceptors (Lipinski definition) is 7. The first-order valence-electron chi connectivity index (χ1n) is 12.3. The van der Waals surface area contributed by atoms with Gasteiger partial charge in [-0.05, 0) is 73.6 Å². The van der Waals surface area contributed by atoms with Gasteiger partial charge < -0.3 is 19.9 Å². The van der Waals surface area contributed by atoms with Crippen LogP contribution in [0.25, 0.3) is 0 Å². The number of nitrogens with zero attached hydrogens (tertiary/aromatic N) is 3. The molecule has 1 N–H and O–H groups in total.